The fourth-order valence-electron chi connectivity index (χ4n) is 10.0. The van der Waals surface area contributed by atoms with Crippen LogP contribution in [0.2, 0.25) is 0 Å². The normalized spacial score (nSPS) is 28.5. The summed E-state index contributed by atoms with van der Waals surface area (Å²) >= 11 is 20.3. The van der Waals surface area contributed by atoms with Crippen molar-refractivity contribution in [2.45, 2.75) is 196 Å². The fourth-order valence-corrected chi connectivity index (χ4v) is 14.4. The first kappa shape index (κ1) is 95.9. The van der Waals surface area contributed by atoms with E-state index in [2.05, 4.69) is 16.0 Å². The van der Waals surface area contributed by atoms with Gasteiger partial charge in [0.05, 0.1) is 97.9 Å². The van der Waals surface area contributed by atoms with Crippen molar-refractivity contribution in [1.82, 2.24) is 16.0 Å². The summed E-state index contributed by atoms with van der Waals surface area (Å²) in [5.74, 6) is -1.52. The first-order valence-electron chi connectivity index (χ1n) is 33.5. The molecule has 3 aliphatic rings. The van der Waals surface area contributed by atoms with Gasteiger partial charge >= 0.3 is 6.72 Å². The Balaban J connectivity index is 1.60. The maximum Gasteiger partial charge on any atom is 0.324 e. The van der Waals surface area contributed by atoms with Crippen molar-refractivity contribution in [2.24, 2.45) is 5.41 Å². The second-order valence-electron chi connectivity index (χ2n) is 24.0. The molecule has 0 aromatic carbocycles. The molecular formula is C57H108N3O34P4S4-3. The third-order valence-corrected chi connectivity index (χ3v) is 21.9. The van der Waals surface area contributed by atoms with Gasteiger partial charge in [0.1, 0.15) is 86.5 Å². The van der Waals surface area contributed by atoms with E-state index in [-0.39, 0.29) is 132 Å². The summed E-state index contributed by atoms with van der Waals surface area (Å²) in [4.78, 5) is 71.2. The lowest BCUT2D eigenvalue weighted by Gasteiger charge is -2.42. The van der Waals surface area contributed by atoms with Crippen LogP contribution in [0.1, 0.15) is 104 Å². The third-order valence-electron chi connectivity index (χ3n) is 15.3. The monoisotopic (exact) mass is 1630 g/mol. The summed E-state index contributed by atoms with van der Waals surface area (Å²) in [6.07, 6.45) is -10.8. The third kappa shape index (κ3) is 39.1. The van der Waals surface area contributed by atoms with Crippen LogP contribution >= 0.6 is 27.0 Å². The van der Waals surface area contributed by atoms with Crippen LogP contribution in [0.15, 0.2) is 0 Å². The molecule has 602 valence electrons. The van der Waals surface area contributed by atoms with Crippen molar-refractivity contribution < 1.29 is 163 Å². The predicted octanol–water partition coefficient (Wildman–Crippen LogP) is -2.20. The highest BCUT2D eigenvalue weighted by Crippen LogP contribution is 2.46. The van der Waals surface area contributed by atoms with Gasteiger partial charge in [-0.25, -0.2) is 0 Å². The van der Waals surface area contributed by atoms with Gasteiger partial charge in [-0.2, -0.15) is 0 Å². The topological polar surface area (TPSA) is 519 Å². The number of carbonyl (C=O) groups excluding carboxylic acids is 3. The largest absolute Gasteiger partial charge is 0.780 e. The lowest BCUT2D eigenvalue weighted by atomic mass is 9.92. The van der Waals surface area contributed by atoms with E-state index in [0.29, 0.717) is 70.8 Å². The zero-order valence-corrected chi connectivity index (χ0v) is 64.7. The van der Waals surface area contributed by atoms with Crippen LogP contribution < -0.4 is 25.7 Å². The number of hydrogen-bond acceptors (Lipinski definition) is 37. The molecule has 0 bridgehead atoms. The first-order chi connectivity index (χ1) is 48.3. The first-order valence-corrected chi connectivity index (χ1v) is 43.8. The number of carbonyl (C=O) groups is 3. The van der Waals surface area contributed by atoms with E-state index in [1.807, 2.05) is 0 Å². The lowest BCUT2D eigenvalue weighted by Crippen LogP contribution is -2.64. The Hall–Kier alpha value is -0.260. The van der Waals surface area contributed by atoms with E-state index in [1.165, 1.54) is 27.9 Å². The molecule has 3 fully saturated rings. The quantitative estimate of drug-likeness (QED) is 0.0174. The summed E-state index contributed by atoms with van der Waals surface area (Å²) < 4.78 is 114. The highest BCUT2D eigenvalue weighted by atomic mass is 32.7. The van der Waals surface area contributed by atoms with Crippen molar-refractivity contribution in [1.29, 1.82) is 0 Å². The van der Waals surface area contributed by atoms with E-state index >= 15 is 0 Å². The molecule has 0 aromatic rings. The Morgan fingerprint density at radius 3 is 1.02 bits per heavy atom. The molecule has 45 heteroatoms. The summed E-state index contributed by atoms with van der Waals surface area (Å²) in [7, 11) is 1.21. The van der Waals surface area contributed by atoms with Gasteiger partial charge in [-0.05, 0) is 82.4 Å². The van der Waals surface area contributed by atoms with Crippen LogP contribution in [-0.4, -0.2) is 306 Å². The number of rotatable bonds is 59. The molecule has 37 nitrogen and oxygen atoms in total. The summed E-state index contributed by atoms with van der Waals surface area (Å²) in [5, 5.41) is 98.6. The molecule has 3 saturated heterocycles. The maximum absolute atomic E-state index is 13.1. The number of aliphatic hydroxyl groups excluding tert-OH is 9. The van der Waals surface area contributed by atoms with Crippen molar-refractivity contribution in [3.63, 3.8) is 0 Å². The summed E-state index contributed by atoms with van der Waals surface area (Å²) in [6, 6.07) is -3.36. The number of aliphatic hydroxyl groups is 9. The Labute approximate surface area is 615 Å². The van der Waals surface area contributed by atoms with Gasteiger partial charge in [-0.15, -0.1) is 0 Å². The Kier molecular flexibility index (Phi) is 49.0. The molecule has 3 aliphatic heterocycles. The Morgan fingerprint density at radius 1 is 0.422 bits per heavy atom. The predicted molar refractivity (Wildman–Crippen MR) is 368 cm³/mol. The minimum absolute atomic E-state index is 0.0163. The zero-order chi connectivity index (χ0) is 75.8. The highest BCUT2D eigenvalue weighted by Gasteiger charge is 2.48. The highest BCUT2D eigenvalue weighted by molar-refractivity contribution is 8.32. The smallest absolute Gasteiger partial charge is 0.324 e. The van der Waals surface area contributed by atoms with Gasteiger partial charge < -0.3 is 172 Å². The van der Waals surface area contributed by atoms with Gasteiger partial charge in [0, 0.05) is 74.1 Å². The molecule has 13 N–H and O–H groups in total. The Morgan fingerprint density at radius 2 is 0.686 bits per heavy atom. The van der Waals surface area contributed by atoms with Crippen molar-refractivity contribution in [2.75, 3.05) is 146 Å². The standard InChI is InChI=1S/C57H111N3O34P4S4/c1-39(64)58-45-51(70)48(67)42(32-61)92-54(45)82-22-9-12-26-86-96(74,100)89-29-15-19-79-36-57(35-78-18-7-5-6-8-25-85-95(73,99)77-4,37-80-20-16-30-90-97(75,101)87-27-13-10-23-83-55-46(59-40(2)65)52(71)49(68)43(33-62)93-55)38-81-21-17-31-91-98(76,102)88-28-14-11-24-84-56-47(60-41(3)66)53(72)50(69)44(34-63)94-56/h42-56,61-63,67-72H,5-38H2,1-4H3,(H,58,64)(H,59,65)(H,60,66)(H,73,99)(H,74,100)(H,75,101)(H,76,102)/p-3. The molecule has 0 aliphatic carbocycles. The van der Waals surface area contributed by atoms with Gasteiger partial charge in [0.25, 0.3) is 0 Å². The molecule has 0 spiro atoms. The van der Waals surface area contributed by atoms with Crippen LogP contribution in [0, 0.1) is 5.41 Å². The van der Waals surface area contributed by atoms with E-state index in [4.69, 9.17) is 131 Å². The van der Waals surface area contributed by atoms with Gasteiger partial charge in [0.2, 0.25) is 17.7 Å². The van der Waals surface area contributed by atoms with Crippen LogP contribution in [0.3, 0.4) is 0 Å². The fraction of sp³-hybridized carbons (Fsp3) is 0.947. The molecule has 3 heterocycles. The van der Waals surface area contributed by atoms with Crippen LogP contribution in [0.25, 0.3) is 0 Å². The minimum Gasteiger partial charge on any atom is -0.780 e. The van der Waals surface area contributed by atoms with Crippen molar-refractivity contribution in [3.05, 3.63) is 0 Å². The number of amides is 3. The van der Waals surface area contributed by atoms with E-state index < -0.39 is 162 Å². The minimum atomic E-state index is -3.98. The average molecular weight is 1630 g/mol. The zero-order valence-electron chi connectivity index (χ0n) is 57.9. The molecule has 0 aromatic heterocycles. The van der Waals surface area contributed by atoms with Gasteiger partial charge in [-0.3, -0.25) is 18.9 Å². The molecule has 102 heavy (non-hydrogen) atoms. The van der Waals surface area contributed by atoms with Gasteiger partial charge in [0.15, 0.2) is 25.7 Å². The summed E-state index contributed by atoms with van der Waals surface area (Å²) in [5.41, 5.74) is -1.01. The molecule has 20 atom stereocenters. The number of nitrogens with one attached hydrogen (secondary N) is 3. The molecular weight excluding hydrogens is 1520 g/mol. The van der Waals surface area contributed by atoms with E-state index in [9.17, 15) is 79.6 Å². The molecule has 3 amide bonds. The van der Waals surface area contributed by atoms with Crippen molar-refractivity contribution in [3.8, 4) is 0 Å². The van der Waals surface area contributed by atoms with E-state index in [1.54, 1.807) is 0 Å². The molecule has 3 rings (SSSR count). The van der Waals surface area contributed by atoms with Crippen LogP contribution in [0.5, 0.6) is 0 Å². The SMILES string of the molecule is COP([O-])(=S)OCCCCCCOCC(COCCCOP(=O)([S-])OCCCCOC1OC(CO)C(O)C(O)C1NC(C)=O)(COCCCOP([O-])(=S)OCCCCOC1OC(CO)C(O)C(O)C1NC(C)=O)COCCCOP(O)(=S)OCCCCOC1OC(CO)C(O)C(O)C1NC(C)=O. The number of hydrogen-bond donors (Lipinski definition) is 13. The van der Waals surface area contributed by atoms with Gasteiger partial charge in [-0.1, -0.05) is 36.5 Å². The Bertz CT molecular complexity index is 2300. The number of unbranched alkanes of at least 4 members (excludes halogenated alkanes) is 6. The van der Waals surface area contributed by atoms with Crippen LogP contribution in [0.4, 0.5) is 0 Å². The average Bonchev–Trinajstić information content (AvgIpc) is 0.820. The lowest BCUT2D eigenvalue weighted by molar-refractivity contribution is -0.270. The van der Waals surface area contributed by atoms with Crippen LogP contribution in [-0.2, 0) is 150 Å². The number of ether oxygens (including phenoxy) is 10. The summed E-state index contributed by atoms with van der Waals surface area (Å²) in [6.45, 7) is -13.2. The second kappa shape index (κ2) is 52.1. The molecule has 0 radical (unpaired) electrons. The van der Waals surface area contributed by atoms with Crippen molar-refractivity contribution >= 4 is 92.3 Å². The maximum atomic E-state index is 13.1. The van der Waals surface area contributed by atoms with E-state index in [0.717, 1.165) is 0 Å². The molecule has 20 unspecified atom stereocenters. The second-order valence-corrected chi connectivity index (χ2v) is 35.2. The molecule has 0 saturated carbocycles.